The normalized spacial score (nSPS) is 31.2. The summed E-state index contributed by atoms with van der Waals surface area (Å²) in [4.78, 5) is 0. The van der Waals surface area contributed by atoms with Gasteiger partial charge in [0, 0.05) is 6.61 Å². The van der Waals surface area contributed by atoms with Crippen LogP contribution in [0, 0.1) is 11.8 Å². The number of aliphatic hydroxyl groups excluding tert-OH is 1. The highest BCUT2D eigenvalue weighted by molar-refractivity contribution is 4.80. The van der Waals surface area contributed by atoms with Gasteiger partial charge in [-0.15, -0.1) is 0 Å². The summed E-state index contributed by atoms with van der Waals surface area (Å²) >= 11 is 0. The van der Waals surface area contributed by atoms with Crippen LogP contribution in [-0.2, 0) is 4.74 Å². The van der Waals surface area contributed by atoms with Crippen LogP contribution in [0.25, 0.3) is 0 Å². The lowest BCUT2D eigenvalue weighted by molar-refractivity contribution is -0.0580. The Labute approximate surface area is 94.0 Å². The largest absolute Gasteiger partial charge is 0.390 e. The van der Waals surface area contributed by atoms with Gasteiger partial charge in [-0.2, -0.15) is 0 Å². The third kappa shape index (κ3) is 3.76. The van der Waals surface area contributed by atoms with E-state index in [9.17, 15) is 5.11 Å². The molecular formula is C13H26O2. The predicted octanol–water partition coefficient (Wildman–Crippen LogP) is 2.99. The monoisotopic (exact) mass is 214 g/mol. The lowest BCUT2D eigenvalue weighted by Gasteiger charge is -2.33. The Morgan fingerprint density at radius 2 is 1.80 bits per heavy atom. The van der Waals surface area contributed by atoms with Crippen molar-refractivity contribution in [2.45, 2.75) is 65.1 Å². The molecular weight excluding hydrogens is 188 g/mol. The lowest BCUT2D eigenvalue weighted by Crippen LogP contribution is -2.35. The SMILES string of the molecule is CCOC(C)C(O)C1CCC(CC)CC1. The van der Waals surface area contributed by atoms with Gasteiger partial charge in [0.2, 0.25) is 0 Å². The standard InChI is InChI=1S/C13H26O2/c1-4-11-6-8-12(9-7-11)13(14)10(3)15-5-2/h10-14H,4-9H2,1-3H3. The Bertz CT molecular complexity index is 162. The van der Waals surface area contributed by atoms with E-state index in [0.717, 1.165) is 5.92 Å². The highest BCUT2D eigenvalue weighted by Crippen LogP contribution is 2.33. The molecule has 0 aromatic rings. The van der Waals surface area contributed by atoms with Crippen LogP contribution in [0.2, 0.25) is 0 Å². The van der Waals surface area contributed by atoms with Gasteiger partial charge in [0.15, 0.2) is 0 Å². The molecule has 1 N–H and O–H groups in total. The van der Waals surface area contributed by atoms with Gasteiger partial charge >= 0.3 is 0 Å². The molecule has 0 saturated heterocycles. The highest BCUT2D eigenvalue weighted by Gasteiger charge is 2.29. The predicted molar refractivity (Wildman–Crippen MR) is 62.8 cm³/mol. The van der Waals surface area contributed by atoms with Crippen molar-refractivity contribution in [2.75, 3.05) is 6.61 Å². The lowest BCUT2D eigenvalue weighted by atomic mass is 9.77. The molecule has 0 spiro atoms. The molecule has 1 aliphatic carbocycles. The summed E-state index contributed by atoms with van der Waals surface area (Å²) in [5.74, 6) is 1.37. The number of aliphatic hydroxyl groups is 1. The fourth-order valence-corrected chi connectivity index (χ4v) is 2.68. The Hall–Kier alpha value is -0.0800. The number of hydrogen-bond acceptors (Lipinski definition) is 2. The van der Waals surface area contributed by atoms with Gasteiger partial charge in [-0.3, -0.25) is 0 Å². The second-order valence-electron chi connectivity index (χ2n) is 4.84. The fourth-order valence-electron chi connectivity index (χ4n) is 2.68. The topological polar surface area (TPSA) is 29.5 Å². The minimum atomic E-state index is -0.261. The van der Waals surface area contributed by atoms with Crippen molar-refractivity contribution in [3.8, 4) is 0 Å². The molecule has 2 nitrogen and oxygen atoms in total. The second kappa shape index (κ2) is 6.49. The van der Waals surface area contributed by atoms with E-state index in [2.05, 4.69) is 6.92 Å². The zero-order chi connectivity index (χ0) is 11.3. The zero-order valence-electron chi connectivity index (χ0n) is 10.4. The first-order valence-corrected chi connectivity index (χ1v) is 6.48. The quantitative estimate of drug-likeness (QED) is 0.762. The van der Waals surface area contributed by atoms with Crippen LogP contribution in [0.3, 0.4) is 0 Å². The van der Waals surface area contributed by atoms with Crippen molar-refractivity contribution in [2.24, 2.45) is 11.8 Å². The van der Waals surface area contributed by atoms with Crippen LogP contribution in [0.4, 0.5) is 0 Å². The molecule has 0 heterocycles. The molecule has 1 rings (SSSR count). The molecule has 2 unspecified atom stereocenters. The molecule has 1 aliphatic rings. The summed E-state index contributed by atoms with van der Waals surface area (Å²) in [7, 11) is 0. The van der Waals surface area contributed by atoms with Gasteiger partial charge in [0.1, 0.15) is 0 Å². The Kier molecular flexibility index (Phi) is 5.62. The fraction of sp³-hybridized carbons (Fsp3) is 1.00. The van der Waals surface area contributed by atoms with Crippen LogP contribution in [0.1, 0.15) is 52.9 Å². The number of ether oxygens (including phenoxy) is 1. The molecule has 2 heteroatoms. The van der Waals surface area contributed by atoms with E-state index in [1.165, 1.54) is 32.1 Å². The van der Waals surface area contributed by atoms with Gasteiger partial charge in [-0.05, 0) is 38.5 Å². The van der Waals surface area contributed by atoms with E-state index in [1.807, 2.05) is 13.8 Å². The summed E-state index contributed by atoms with van der Waals surface area (Å²) in [6, 6.07) is 0. The summed E-state index contributed by atoms with van der Waals surface area (Å²) in [6.45, 7) is 6.93. The summed E-state index contributed by atoms with van der Waals surface area (Å²) in [6.07, 6.45) is 5.97. The minimum Gasteiger partial charge on any atom is -0.390 e. The molecule has 0 radical (unpaired) electrons. The molecule has 0 aliphatic heterocycles. The van der Waals surface area contributed by atoms with Gasteiger partial charge in [0.25, 0.3) is 0 Å². The number of rotatable bonds is 5. The van der Waals surface area contributed by atoms with E-state index in [-0.39, 0.29) is 12.2 Å². The molecule has 0 amide bonds. The van der Waals surface area contributed by atoms with E-state index in [4.69, 9.17) is 4.74 Å². The van der Waals surface area contributed by atoms with Crippen LogP contribution in [0.5, 0.6) is 0 Å². The summed E-state index contributed by atoms with van der Waals surface area (Å²) in [5.41, 5.74) is 0. The highest BCUT2D eigenvalue weighted by atomic mass is 16.5. The van der Waals surface area contributed by atoms with Crippen molar-refractivity contribution in [1.82, 2.24) is 0 Å². The smallest absolute Gasteiger partial charge is 0.0827 e. The van der Waals surface area contributed by atoms with Gasteiger partial charge in [0.05, 0.1) is 12.2 Å². The van der Waals surface area contributed by atoms with Gasteiger partial charge in [-0.1, -0.05) is 26.2 Å². The third-order valence-corrected chi connectivity index (χ3v) is 3.86. The van der Waals surface area contributed by atoms with E-state index in [0.29, 0.717) is 12.5 Å². The van der Waals surface area contributed by atoms with Gasteiger partial charge < -0.3 is 9.84 Å². The molecule has 0 aromatic heterocycles. The first kappa shape index (κ1) is 13.0. The summed E-state index contributed by atoms with van der Waals surface area (Å²) < 4.78 is 5.46. The van der Waals surface area contributed by atoms with E-state index >= 15 is 0 Å². The maximum absolute atomic E-state index is 10.1. The average molecular weight is 214 g/mol. The maximum Gasteiger partial charge on any atom is 0.0827 e. The van der Waals surface area contributed by atoms with E-state index < -0.39 is 0 Å². The maximum atomic E-state index is 10.1. The summed E-state index contributed by atoms with van der Waals surface area (Å²) in [5, 5.41) is 10.1. The van der Waals surface area contributed by atoms with Crippen LogP contribution in [0.15, 0.2) is 0 Å². The first-order chi connectivity index (χ1) is 7.19. The molecule has 1 saturated carbocycles. The molecule has 90 valence electrons. The molecule has 1 fully saturated rings. The van der Waals surface area contributed by atoms with Crippen molar-refractivity contribution >= 4 is 0 Å². The average Bonchev–Trinajstić information content (AvgIpc) is 2.28. The van der Waals surface area contributed by atoms with Crippen LogP contribution < -0.4 is 0 Å². The minimum absolute atomic E-state index is 0.00169. The van der Waals surface area contributed by atoms with Crippen molar-refractivity contribution in [3.63, 3.8) is 0 Å². The second-order valence-corrected chi connectivity index (χ2v) is 4.84. The number of hydrogen-bond donors (Lipinski definition) is 1. The Morgan fingerprint density at radius 3 is 2.27 bits per heavy atom. The van der Waals surface area contributed by atoms with Gasteiger partial charge in [-0.25, -0.2) is 0 Å². The van der Waals surface area contributed by atoms with Crippen molar-refractivity contribution < 1.29 is 9.84 Å². The molecule has 0 bridgehead atoms. The first-order valence-electron chi connectivity index (χ1n) is 6.48. The zero-order valence-corrected chi connectivity index (χ0v) is 10.4. The van der Waals surface area contributed by atoms with E-state index in [1.54, 1.807) is 0 Å². The van der Waals surface area contributed by atoms with Crippen LogP contribution >= 0.6 is 0 Å². The van der Waals surface area contributed by atoms with Crippen LogP contribution in [-0.4, -0.2) is 23.9 Å². The molecule has 15 heavy (non-hydrogen) atoms. The Morgan fingerprint density at radius 1 is 1.20 bits per heavy atom. The third-order valence-electron chi connectivity index (χ3n) is 3.86. The van der Waals surface area contributed by atoms with Crippen molar-refractivity contribution in [1.29, 1.82) is 0 Å². The molecule has 0 aromatic carbocycles. The Balaban J connectivity index is 2.32. The molecule has 2 atom stereocenters. The van der Waals surface area contributed by atoms with Crippen molar-refractivity contribution in [3.05, 3.63) is 0 Å².